The molecular weight excluding hydrogens is 372 g/mol. The van der Waals surface area contributed by atoms with E-state index in [2.05, 4.69) is 14.9 Å². The molecule has 3 aromatic rings. The number of piperazine rings is 1. The molecule has 1 saturated heterocycles. The van der Waals surface area contributed by atoms with Crippen LogP contribution in [0.3, 0.4) is 0 Å². The third kappa shape index (κ3) is 2.97. The maximum atomic E-state index is 12.9. The molecule has 2 aromatic heterocycles. The van der Waals surface area contributed by atoms with Crippen molar-refractivity contribution in [1.29, 1.82) is 0 Å². The lowest BCUT2D eigenvalue weighted by molar-refractivity contribution is 0.0751. The predicted octanol–water partition coefficient (Wildman–Crippen LogP) is 2.91. The molecule has 0 bridgehead atoms. The number of nitrogens with one attached hydrogen (secondary N) is 1. The van der Waals surface area contributed by atoms with Gasteiger partial charge in [-0.25, -0.2) is 4.98 Å². The molecular formula is C18H17ClN4O2S. The Morgan fingerprint density at radius 3 is 2.54 bits per heavy atom. The fourth-order valence-electron chi connectivity index (χ4n) is 3.25. The Hall–Kier alpha value is -2.38. The van der Waals surface area contributed by atoms with E-state index in [1.54, 1.807) is 0 Å². The van der Waals surface area contributed by atoms with Gasteiger partial charge in [-0.3, -0.25) is 9.59 Å². The summed E-state index contributed by atoms with van der Waals surface area (Å²) in [4.78, 5) is 37.0. The van der Waals surface area contributed by atoms with Crippen LogP contribution in [0.4, 0.5) is 5.69 Å². The highest BCUT2D eigenvalue weighted by molar-refractivity contribution is 7.20. The monoisotopic (exact) mass is 388 g/mol. The van der Waals surface area contributed by atoms with Gasteiger partial charge in [-0.05, 0) is 36.8 Å². The molecule has 6 nitrogen and oxygen atoms in total. The molecule has 1 fully saturated rings. The van der Waals surface area contributed by atoms with Gasteiger partial charge in [0.05, 0.1) is 16.6 Å². The highest BCUT2D eigenvalue weighted by Crippen LogP contribution is 2.28. The minimum absolute atomic E-state index is 0.0272. The summed E-state index contributed by atoms with van der Waals surface area (Å²) in [5.74, 6) is -0.0272. The number of rotatable bonds is 2. The second-order valence-electron chi connectivity index (χ2n) is 6.22. The number of aryl methyl sites for hydroxylation is 1. The Balaban J connectivity index is 1.52. The molecule has 1 N–H and O–H groups in total. The number of halogens is 1. The number of carbonyl (C=O) groups excluding carboxylic acids is 1. The van der Waals surface area contributed by atoms with Crippen molar-refractivity contribution in [3.05, 3.63) is 56.4 Å². The summed E-state index contributed by atoms with van der Waals surface area (Å²) in [6.45, 7) is 4.61. The molecule has 0 radical (unpaired) electrons. The lowest BCUT2D eigenvalue weighted by Gasteiger charge is -2.36. The standard InChI is InChI=1S/C18H17ClN4O2S/c1-11-14-16(24)20-10-21-17(14)26-15(11)18(25)23-8-6-22(7-9-23)13-4-2-12(19)3-5-13/h2-5,10H,6-9H2,1H3,(H,20,21,24). The summed E-state index contributed by atoms with van der Waals surface area (Å²) in [6.07, 6.45) is 1.37. The average molecular weight is 389 g/mol. The van der Waals surface area contributed by atoms with E-state index >= 15 is 0 Å². The highest BCUT2D eigenvalue weighted by Gasteiger charge is 2.26. The molecule has 0 saturated carbocycles. The zero-order valence-electron chi connectivity index (χ0n) is 14.2. The first-order valence-electron chi connectivity index (χ1n) is 8.31. The number of aromatic nitrogens is 2. The van der Waals surface area contributed by atoms with Crippen LogP contribution in [0.5, 0.6) is 0 Å². The number of amides is 1. The number of aromatic amines is 1. The maximum absolute atomic E-state index is 12.9. The minimum atomic E-state index is -0.199. The SMILES string of the molecule is Cc1c(C(=O)N2CCN(c3ccc(Cl)cc3)CC2)sc2nc[nH]c(=O)c12. The van der Waals surface area contributed by atoms with Gasteiger partial charge < -0.3 is 14.8 Å². The molecule has 0 spiro atoms. The molecule has 1 aliphatic heterocycles. The first-order chi connectivity index (χ1) is 12.5. The molecule has 4 rings (SSSR count). The van der Waals surface area contributed by atoms with Crippen LogP contribution in [-0.4, -0.2) is 47.0 Å². The van der Waals surface area contributed by atoms with Gasteiger partial charge in [-0.2, -0.15) is 0 Å². The minimum Gasteiger partial charge on any atom is -0.368 e. The summed E-state index contributed by atoms with van der Waals surface area (Å²) in [5, 5.41) is 1.23. The fourth-order valence-corrected chi connectivity index (χ4v) is 4.49. The summed E-state index contributed by atoms with van der Waals surface area (Å²) in [6, 6.07) is 7.74. The van der Waals surface area contributed by atoms with Crippen molar-refractivity contribution in [3.63, 3.8) is 0 Å². The molecule has 3 heterocycles. The number of nitrogens with zero attached hydrogens (tertiary/aromatic N) is 3. The van der Waals surface area contributed by atoms with Crippen molar-refractivity contribution in [2.75, 3.05) is 31.1 Å². The first-order valence-corrected chi connectivity index (χ1v) is 9.50. The van der Waals surface area contributed by atoms with Crippen LogP contribution in [0.1, 0.15) is 15.2 Å². The summed E-state index contributed by atoms with van der Waals surface area (Å²) in [7, 11) is 0. The van der Waals surface area contributed by atoms with E-state index < -0.39 is 0 Å². The van der Waals surface area contributed by atoms with Gasteiger partial charge in [0.15, 0.2) is 0 Å². The van der Waals surface area contributed by atoms with Gasteiger partial charge in [0.1, 0.15) is 4.83 Å². The van der Waals surface area contributed by atoms with Crippen LogP contribution < -0.4 is 10.5 Å². The number of fused-ring (bicyclic) bond motifs is 1. The Labute approximate surface area is 159 Å². The van der Waals surface area contributed by atoms with E-state index in [9.17, 15) is 9.59 Å². The largest absolute Gasteiger partial charge is 0.368 e. The van der Waals surface area contributed by atoms with Gasteiger partial charge >= 0.3 is 0 Å². The number of hydrogen-bond acceptors (Lipinski definition) is 5. The van der Waals surface area contributed by atoms with E-state index in [1.165, 1.54) is 17.7 Å². The van der Waals surface area contributed by atoms with Crippen molar-refractivity contribution in [3.8, 4) is 0 Å². The molecule has 1 amide bonds. The van der Waals surface area contributed by atoms with Gasteiger partial charge in [0, 0.05) is 36.9 Å². The number of anilines is 1. The van der Waals surface area contributed by atoms with E-state index in [1.807, 2.05) is 36.1 Å². The van der Waals surface area contributed by atoms with E-state index in [4.69, 9.17) is 11.6 Å². The topological polar surface area (TPSA) is 69.3 Å². The van der Waals surface area contributed by atoms with Crippen LogP contribution in [0, 0.1) is 6.92 Å². The van der Waals surface area contributed by atoms with Crippen molar-refractivity contribution in [1.82, 2.24) is 14.9 Å². The molecule has 0 unspecified atom stereocenters. The Kier molecular flexibility index (Phi) is 4.42. The van der Waals surface area contributed by atoms with Gasteiger partial charge in [-0.1, -0.05) is 11.6 Å². The van der Waals surface area contributed by atoms with Crippen molar-refractivity contribution in [2.45, 2.75) is 6.92 Å². The van der Waals surface area contributed by atoms with E-state index in [0.717, 1.165) is 18.8 Å². The smallest absolute Gasteiger partial charge is 0.264 e. The van der Waals surface area contributed by atoms with Crippen LogP contribution in [0.25, 0.3) is 10.2 Å². The molecule has 134 valence electrons. The number of thiophene rings is 1. The molecule has 0 aliphatic carbocycles. The quantitative estimate of drug-likeness (QED) is 0.732. The lowest BCUT2D eigenvalue weighted by Crippen LogP contribution is -2.48. The normalized spacial score (nSPS) is 14.8. The third-order valence-corrected chi connectivity index (χ3v) is 6.13. The van der Waals surface area contributed by atoms with E-state index in [-0.39, 0.29) is 11.5 Å². The molecule has 0 atom stereocenters. The first kappa shape index (κ1) is 17.1. The molecule has 26 heavy (non-hydrogen) atoms. The second-order valence-corrected chi connectivity index (χ2v) is 7.66. The van der Waals surface area contributed by atoms with E-state index in [0.29, 0.717) is 38.8 Å². The Morgan fingerprint density at radius 2 is 1.88 bits per heavy atom. The highest BCUT2D eigenvalue weighted by atomic mass is 35.5. The van der Waals surface area contributed by atoms with Crippen LogP contribution in [0.2, 0.25) is 5.02 Å². The summed E-state index contributed by atoms with van der Waals surface area (Å²) >= 11 is 7.23. The average Bonchev–Trinajstić information content (AvgIpc) is 3.00. The lowest BCUT2D eigenvalue weighted by atomic mass is 10.2. The number of benzene rings is 1. The second kappa shape index (κ2) is 6.74. The number of hydrogen-bond donors (Lipinski definition) is 1. The molecule has 8 heteroatoms. The van der Waals surface area contributed by atoms with Crippen LogP contribution in [0.15, 0.2) is 35.4 Å². The molecule has 1 aromatic carbocycles. The van der Waals surface area contributed by atoms with Crippen LogP contribution in [-0.2, 0) is 0 Å². The zero-order valence-corrected chi connectivity index (χ0v) is 15.7. The summed E-state index contributed by atoms with van der Waals surface area (Å²) in [5.41, 5.74) is 1.62. The summed E-state index contributed by atoms with van der Waals surface area (Å²) < 4.78 is 0. The van der Waals surface area contributed by atoms with Crippen molar-refractivity contribution >= 4 is 44.7 Å². The van der Waals surface area contributed by atoms with Crippen molar-refractivity contribution in [2.24, 2.45) is 0 Å². The number of carbonyl (C=O) groups is 1. The van der Waals surface area contributed by atoms with Crippen molar-refractivity contribution < 1.29 is 4.79 Å². The Bertz CT molecular complexity index is 1020. The molecule has 1 aliphatic rings. The van der Waals surface area contributed by atoms with Crippen LogP contribution >= 0.6 is 22.9 Å². The van der Waals surface area contributed by atoms with Gasteiger partial charge in [0.2, 0.25) is 0 Å². The fraction of sp³-hybridized carbons (Fsp3) is 0.278. The van der Waals surface area contributed by atoms with Gasteiger partial charge in [0.25, 0.3) is 11.5 Å². The van der Waals surface area contributed by atoms with Gasteiger partial charge in [-0.15, -0.1) is 11.3 Å². The Morgan fingerprint density at radius 1 is 1.19 bits per heavy atom. The zero-order chi connectivity index (χ0) is 18.3. The maximum Gasteiger partial charge on any atom is 0.264 e. The number of H-pyrrole nitrogens is 1. The predicted molar refractivity (Wildman–Crippen MR) is 105 cm³/mol. The third-order valence-electron chi connectivity index (χ3n) is 4.69.